The number of halogens is 3. The molecule has 1 saturated heterocycles. The van der Waals surface area contributed by atoms with E-state index in [2.05, 4.69) is 24.1 Å². The summed E-state index contributed by atoms with van der Waals surface area (Å²) in [4.78, 5) is 17.5. The maximum Gasteiger partial charge on any atom is 0.417 e. The van der Waals surface area contributed by atoms with Crippen LogP contribution in [0.2, 0.25) is 0 Å². The lowest BCUT2D eigenvalue weighted by Crippen LogP contribution is -2.56. The highest BCUT2D eigenvalue weighted by molar-refractivity contribution is 7.89. The Balaban J connectivity index is 1.45. The number of piperazine rings is 1. The number of alkyl halides is 3. The minimum absolute atomic E-state index is 0.00697. The van der Waals surface area contributed by atoms with Gasteiger partial charge in [-0.25, -0.2) is 13.4 Å². The maximum atomic E-state index is 13.5. The number of sulfonamides is 1. The van der Waals surface area contributed by atoms with Gasteiger partial charge in [-0.1, -0.05) is 13.8 Å². The molecule has 0 radical (unpaired) electrons. The van der Waals surface area contributed by atoms with Crippen LogP contribution in [-0.4, -0.2) is 61.6 Å². The number of amides is 1. The number of nitrogens with one attached hydrogen (secondary N) is 1. The Morgan fingerprint density at radius 2 is 1.88 bits per heavy atom. The lowest BCUT2D eigenvalue weighted by molar-refractivity contribution is -0.137. The highest BCUT2D eigenvalue weighted by Gasteiger charge is 2.65. The van der Waals surface area contributed by atoms with Crippen LogP contribution in [0.5, 0.6) is 0 Å². The van der Waals surface area contributed by atoms with Crippen LogP contribution in [0.25, 0.3) is 0 Å². The number of carbonyl (C=O) groups excluding carboxylic acids is 1. The average Bonchev–Trinajstić information content (AvgIpc) is 3.07. The summed E-state index contributed by atoms with van der Waals surface area (Å²) in [7, 11) is -3.60. The van der Waals surface area contributed by atoms with Gasteiger partial charge in [-0.05, 0) is 42.7 Å². The summed E-state index contributed by atoms with van der Waals surface area (Å²) in [5.74, 6) is 0.636. The molecule has 1 amide bonds. The number of anilines is 1. The van der Waals surface area contributed by atoms with Gasteiger partial charge in [0.2, 0.25) is 15.9 Å². The predicted octanol–water partition coefficient (Wildman–Crippen LogP) is 2.88. The zero-order chi connectivity index (χ0) is 24.2. The van der Waals surface area contributed by atoms with Gasteiger partial charge < -0.3 is 10.2 Å². The number of aromatic nitrogens is 1. The van der Waals surface area contributed by atoms with Gasteiger partial charge in [-0.15, -0.1) is 0 Å². The summed E-state index contributed by atoms with van der Waals surface area (Å²) in [5.41, 5.74) is -1.51. The molecule has 2 saturated carbocycles. The van der Waals surface area contributed by atoms with Crippen molar-refractivity contribution >= 4 is 21.7 Å². The third-order valence-electron chi connectivity index (χ3n) is 8.28. The van der Waals surface area contributed by atoms with Crippen molar-refractivity contribution in [2.75, 3.05) is 36.8 Å². The smallest absolute Gasteiger partial charge is 0.354 e. The van der Waals surface area contributed by atoms with Crippen LogP contribution in [0.15, 0.2) is 18.3 Å². The summed E-state index contributed by atoms with van der Waals surface area (Å²) in [6, 6.07) is 2.16. The van der Waals surface area contributed by atoms with Crippen molar-refractivity contribution in [3.63, 3.8) is 0 Å². The third-order valence-corrected chi connectivity index (χ3v) is 10.3. The van der Waals surface area contributed by atoms with E-state index in [1.807, 2.05) is 0 Å². The molecule has 1 N–H and O–H groups in total. The summed E-state index contributed by atoms with van der Waals surface area (Å²) in [6.07, 6.45) is -1.11. The number of nitrogens with zero attached hydrogens (tertiary/aromatic N) is 3. The molecule has 1 unspecified atom stereocenters. The first-order valence-corrected chi connectivity index (χ1v) is 12.9. The van der Waals surface area contributed by atoms with Crippen molar-refractivity contribution in [3.05, 3.63) is 23.9 Å². The molecule has 184 valence electrons. The molecular weight excluding hydrogens is 457 g/mol. The fraction of sp³-hybridized carbons (Fsp3) is 0.727. The molecule has 0 spiro atoms. The van der Waals surface area contributed by atoms with Crippen LogP contribution >= 0.6 is 0 Å². The van der Waals surface area contributed by atoms with E-state index in [-0.39, 0.29) is 36.2 Å². The molecule has 3 fully saturated rings. The van der Waals surface area contributed by atoms with Crippen molar-refractivity contribution in [3.8, 4) is 0 Å². The Hall–Kier alpha value is -1.88. The lowest BCUT2D eigenvalue weighted by atomic mass is 9.69. The van der Waals surface area contributed by atoms with E-state index in [1.54, 1.807) is 4.90 Å². The normalized spacial score (nSPS) is 29.9. The highest BCUT2D eigenvalue weighted by atomic mass is 32.2. The standard InChI is InChI=1S/C22H31F3N4O3S/c1-15(30)27-18-12-16-6-7-21(18,20(16,2)3)14-33(31,32)29-10-8-28(9-11-29)19-5-4-17(13-26-19)22(23,24)25/h4-5,13,16,18H,6-12,14H2,1-3H3,(H,27,30)/t16-,18?,21+/m0/s1. The van der Waals surface area contributed by atoms with Crippen LogP contribution in [0.3, 0.4) is 0 Å². The predicted molar refractivity (Wildman–Crippen MR) is 118 cm³/mol. The van der Waals surface area contributed by atoms with Crippen molar-refractivity contribution in [1.29, 1.82) is 0 Å². The third kappa shape index (κ3) is 4.22. The van der Waals surface area contributed by atoms with Gasteiger partial charge in [0.15, 0.2) is 0 Å². The fourth-order valence-corrected chi connectivity index (χ4v) is 8.49. The van der Waals surface area contributed by atoms with Gasteiger partial charge in [0, 0.05) is 50.8 Å². The van der Waals surface area contributed by atoms with E-state index >= 15 is 0 Å². The summed E-state index contributed by atoms with van der Waals surface area (Å²) in [5, 5.41) is 3.02. The van der Waals surface area contributed by atoms with Gasteiger partial charge in [0.05, 0.1) is 11.3 Å². The van der Waals surface area contributed by atoms with Gasteiger partial charge >= 0.3 is 6.18 Å². The largest absolute Gasteiger partial charge is 0.417 e. The Morgan fingerprint density at radius 3 is 2.39 bits per heavy atom. The van der Waals surface area contributed by atoms with Crippen molar-refractivity contribution in [2.24, 2.45) is 16.7 Å². The van der Waals surface area contributed by atoms with Crippen LogP contribution in [0.1, 0.15) is 45.6 Å². The second-order valence-corrected chi connectivity index (χ2v) is 12.1. The van der Waals surface area contributed by atoms with Crippen LogP contribution < -0.4 is 10.2 Å². The first-order valence-electron chi connectivity index (χ1n) is 11.3. The topological polar surface area (TPSA) is 82.6 Å². The molecule has 7 nitrogen and oxygen atoms in total. The first-order chi connectivity index (χ1) is 15.3. The summed E-state index contributed by atoms with van der Waals surface area (Å²) < 4.78 is 66.8. The van der Waals surface area contributed by atoms with E-state index in [0.717, 1.165) is 31.5 Å². The molecule has 3 aliphatic rings. The number of fused-ring (bicyclic) bond motifs is 2. The Morgan fingerprint density at radius 1 is 1.21 bits per heavy atom. The molecule has 11 heteroatoms. The molecule has 2 aliphatic carbocycles. The van der Waals surface area contributed by atoms with E-state index < -0.39 is 27.2 Å². The van der Waals surface area contributed by atoms with Gasteiger partial charge in [0.25, 0.3) is 0 Å². The molecule has 33 heavy (non-hydrogen) atoms. The van der Waals surface area contributed by atoms with Crippen molar-refractivity contribution in [2.45, 2.75) is 52.3 Å². The maximum absolute atomic E-state index is 13.5. The number of pyridine rings is 1. The Labute approximate surface area is 192 Å². The quantitative estimate of drug-likeness (QED) is 0.689. The number of carbonyl (C=O) groups is 1. The van der Waals surface area contributed by atoms with Crippen molar-refractivity contribution < 1.29 is 26.4 Å². The molecule has 2 bridgehead atoms. The minimum Gasteiger partial charge on any atom is -0.354 e. The summed E-state index contributed by atoms with van der Waals surface area (Å²) >= 11 is 0. The number of hydrogen-bond donors (Lipinski definition) is 1. The average molecular weight is 489 g/mol. The Kier molecular flexibility index (Phi) is 5.96. The van der Waals surface area contributed by atoms with E-state index in [9.17, 15) is 26.4 Å². The highest BCUT2D eigenvalue weighted by Crippen LogP contribution is 2.66. The molecule has 1 aromatic heterocycles. The second-order valence-electron chi connectivity index (χ2n) is 10.1. The zero-order valence-corrected chi connectivity index (χ0v) is 20.0. The first kappa shape index (κ1) is 24.3. The minimum atomic E-state index is -4.44. The van der Waals surface area contributed by atoms with Crippen LogP contribution in [0.4, 0.5) is 19.0 Å². The fourth-order valence-electron chi connectivity index (χ4n) is 6.22. The van der Waals surface area contributed by atoms with Gasteiger partial charge in [-0.3, -0.25) is 4.79 Å². The van der Waals surface area contributed by atoms with E-state index in [4.69, 9.17) is 0 Å². The molecule has 3 atom stereocenters. The lowest BCUT2D eigenvalue weighted by Gasteiger charge is -2.44. The van der Waals surface area contributed by atoms with E-state index in [0.29, 0.717) is 24.8 Å². The molecule has 2 heterocycles. The van der Waals surface area contributed by atoms with E-state index in [1.165, 1.54) is 17.3 Å². The van der Waals surface area contributed by atoms with Gasteiger partial charge in [-0.2, -0.15) is 17.5 Å². The molecule has 1 aliphatic heterocycles. The molecule has 0 aromatic carbocycles. The SMILES string of the molecule is CC(=O)NC1C[C@@H]2CC[C@]1(CS(=O)(=O)N1CCN(c3ccc(C(F)(F)F)cn3)CC1)C2(C)C. The van der Waals surface area contributed by atoms with Crippen molar-refractivity contribution in [1.82, 2.24) is 14.6 Å². The van der Waals surface area contributed by atoms with Gasteiger partial charge in [0.1, 0.15) is 5.82 Å². The second kappa shape index (κ2) is 8.11. The zero-order valence-electron chi connectivity index (χ0n) is 19.2. The molecule has 1 aromatic rings. The molecule has 4 rings (SSSR count). The Bertz CT molecular complexity index is 1000. The monoisotopic (exact) mass is 488 g/mol. The number of rotatable bonds is 5. The van der Waals surface area contributed by atoms with Crippen LogP contribution in [-0.2, 0) is 21.0 Å². The molecular formula is C22H31F3N4O3S. The number of hydrogen-bond acceptors (Lipinski definition) is 5. The summed E-state index contributed by atoms with van der Waals surface area (Å²) in [6.45, 7) is 6.91. The van der Waals surface area contributed by atoms with Crippen LogP contribution in [0, 0.1) is 16.7 Å².